The summed E-state index contributed by atoms with van der Waals surface area (Å²) in [7, 11) is 0. The fraction of sp³-hybridized carbons (Fsp3) is 0.438. The minimum atomic E-state index is 0.940. The molecule has 0 unspecified atom stereocenters. The van der Waals surface area contributed by atoms with Crippen LogP contribution in [-0.4, -0.2) is 16.1 Å². The highest BCUT2D eigenvalue weighted by atomic mass is 15.2. The largest absolute Gasteiger partial charge is 0.355 e. The molecule has 1 aromatic heterocycles. The Morgan fingerprint density at radius 3 is 2.53 bits per heavy atom. The first kappa shape index (κ1) is 13.7. The minimum absolute atomic E-state index is 0.940. The molecule has 2 rings (SSSR count). The van der Waals surface area contributed by atoms with E-state index in [1.165, 1.54) is 18.4 Å². The van der Waals surface area contributed by atoms with Gasteiger partial charge in [0.05, 0.1) is 5.69 Å². The second-order valence-corrected chi connectivity index (χ2v) is 4.88. The number of hydrogen-bond donors (Lipinski definition) is 1. The Hall–Kier alpha value is -1.77. The van der Waals surface area contributed by atoms with E-state index in [0.717, 1.165) is 30.3 Å². The highest BCUT2D eigenvalue weighted by molar-refractivity contribution is 5.44. The number of benzene rings is 1. The summed E-state index contributed by atoms with van der Waals surface area (Å²) in [6.07, 6.45) is 5.51. The normalized spacial score (nSPS) is 10.7. The van der Waals surface area contributed by atoms with Gasteiger partial charge in [-0.2, -0.15) is 0 Å². The van der Waals surface area contributed by atoms with Gasteiger partial charge in [0, 0.05) is 18.4 Å². The van der Waals surface area contributed by atoms with E-state index in [-0.39, 0.29) is 0 Å². The molecule has 0 saturated heterocycles. The lowest BCUT2D eigenvalue weighted by Gasteiger charge is -2.10. The maximum Gasteiger partial charge on any atom is 0.207 e. The molecule has 0 amide bonds. The molecule has 1 N–H and O–H groups in total. The molecule has 2 aromatic rings. The first-order chi connectivity index (χ1) is 9.24. The first-order valence-corrected chi connectivity index (χ1v) is 7.13. The summed E-state index contributed by atoms with van der Waals surface area (Å²) in [5, 5.41) is 3.41. The van der Waals surface area contributed by atoms with Gasteiger partial charge in [0.25, 0.3) is 0 Å². The van der Waals surface area contributed by atoms with Crippen LogP contribution >= 0.6 is 0 Å². The number of aryl methyl sites for hydroxylation is 2. The van der Waals surface area contributed by atoms with E-state index in [9.17, 15) is 0 Å². The van der Waals surface area contributed by atoms with Crippen molar-refractivity contribution in [2.75, 3.05) is 11.9 Å². The van der Waals surface area contributed by atoms with Gasteiger partial charge in [-0.25, -0.2) is 4.98 Å². The number of nitrogens with one attached hydrogen (secondary N) is 1. The van der Waals surface area contributed by atoms with Crippen LogP contribution < -0.4 is 5.32 Å². The average molecular weight is 257 g/mol. The van der Waals surface area contributed by atoms with Gasteiger partial charge in [0.2, 0.25) is 5.95 Å². The lowest BCUT2D eigenvalue weighted by Crippen LogP contribution is -2.07. The van der Waals surface area contributed by atoms with Gasteiger partial charge < -0.3 is 5.32 Å². The number of unbranched alkanes of at least 4 members (excludes halogenated alkanes) is 1. The second kappa shape index (κ2) is 6.41. The van der Waals surface area contributed by atoms with E-state index in [1.807, 2.05) is 6.92 Å². The van der Waals surface area contributed by atoms with Gasteiger partial charge in [-0.15, -0.1) is 0 Å². The van der Waals surface area contributed by atoms with E-state index < -0.39 is 0 Å². The fourth-order valence-electron chi connectivity index (χ4n) is 2.09. The van der Waals surface area contributed by atoms with Crippen molar-refractivity contribution >= 4 is 5.95 Å². The van der Waals surface area contributed by atoms with Crippen LogP contribution in [0, 0.1) is 6.92 Å². The third-order valence-corrected chi connectivity index (χ3v) is 3.26. The Bertz CT molecular complexity index is 511. The summed E-state index contributed by atoms with van der Waals surface area (Å²) in [6, 6.07) is 8.68. The highest BCUT2D eigenvalue weighted by Crippen LogP contribution is 2.17. The predicted octanol–water partition coefficient (Wildman–Crippen LogP) is 3.96. The molecule has 3 nitrogen and oxygen atoms in total. The van der Waals surface area contributed by atoms with Crippen LogP contribution in [0.2, 0.25) is 0 Å². The molecular formula is C16H23N3. The molecule has 0 saturated carbocycles. The third-order valence-electron chi connectivity index (χ3n) is 3.26. The van der Waals surface area contributed by atoms with Gasteiger partial charge in [0.15, 0.2) is 0 Å². The second-order valence-electron chi connectivity index (χ2n) is 4.88. The molecule has 0 fully saturated rings. The van der Waals surface area contributed by atoms with Crippen molar-refractivity contribution in [2.24, 2.45) is 0 Å². The third kappa shape index (κ3) is 3.37. The zero-order valence-corrected chi connectivity index (χ0v) is 12.1. The number of imidazole rings is 1. The Morgan fingerprint density at radius 1 is 1.16 bits per heavy atom. The predicted molar refractivity (Wildman–Crippen MR) is 81.1 cm³/mol. The van der Waals surface area contributed by atoms with Crippen LogP contribution in [-0.2, 0) is 6.42 Å². The molecule has 0 bridgehead atoms. The van der Waals surface area contributed by atoms with Crippen LogP contribution in [0.15, 0.2) is 30.5 Å². The topological polar surface area (TPSA) is 29.9 Å². The van der Waals surface area contributed by atoms with E-state index in [4.69, 9.17) is 0 Å². The lowest BCUT2D eigenvalue weighted by atomic mass is 10.1. The Morgan fingerprint density at radius 2 is 1.89 bits per heavy atom. The van der Waals surface area contributed by atoms with Gasteiger partial charge in [-0.3, -0.25) is 4.57 Å². The van der Waals surface area contributed by atoms with E-state index in [1.54, 1.807) is 0 Å². The van der Waals surface area contributed by atoms with Crippen LogP contribution in [0.4, 0.5) is 5.95 Å². The summed E-state index contributed by atoms with van der Waals surface area (Å²) < 4.78 is 2.13. The number of rotatable bonds is 6. The van der Waals surface area contributed by atoms with Crippen molar-refractivity contribution in [3.63, 3.8) is 0 Å². The van der Waals surface area contributed by atoms with Crippen molar-refractivity contribution in [2.45, 2.75) is 40.0 Å². The zero-order valence-electron chi connectivity index (χ0n) is 12.1. The van der Waals surface area contributed by atoms with Crippen LogP contribution in [0.25, 0.3) is 5.69 Å². The summed E-state index contributed by atoms with van der Waals surface area (Å²) in [5.41, 5.74) is 3.57. The van der Waals surface area contributed by atoms with Crippen molar-refractivity contribution in [1.82, 2.24) is 9.55 Å². The molecule has 0 aliphatic carbocycles. The van der Waals surface area contributed by atoms with Crippen molar-refractivity contribution in [3.05, 3.63) is 41.7 Å². The van der Waals surface area contributed by atoms with Gasteiger partial charge >= 0.3 is 0 Å². The quantitative estimate of drug-likeness (QED) is 0.794. The monoisotopic (exact) mass is 257 g/mol. The van der Waals surface area contributed by atoms with E-state index in [2.05, 4.69) is 59.2 Å². The fourth-order valence-corrected chi connectivity index (χ4v) is 2.09. The number of anilines is 1. The van der Waals surface area contributed by atoms with Gasteiger partial charge in [-0.1, -0.05) is 32.4 Å². The molecule has 102 valence electrons. The molecular weight excluding hydrogens is 234 g/mol. The summed E-state index contributed by atoms with van der Waals surface area (Å²) >= 11 is 0. The van der Waals surface area contributed by atoms with E-state index >= 15 is 0 Å². The minimum Gasteiger partial charge on any atom is -0.355 e. The molecule has 0 atom stereocenters. The lowest BCUT2D eigenvalue weighted by molar-refractivity contribution is 0.823. The van der Waals surface area contributed by atoms with Gasteiger partial charge in [0.1, 0.15) is 0 Å². The molecule has 19 heavy (non-hydrogen) atoms. The molecule has 1 heterocycles. The van der Waals surface area contributed by atoms with Crippen molar-refractivity contribution in [3.8, 4) is 5.69 Å². The Labute approximate surface area is 115 Å². The van der Waals surface area contributed by atoms with E-state index in [0.29, 0.717) is 0 Å². The van der Waals surface area contributed by atoms with Crippen molar-refractivity contribution < 1.29 is 0 Å². The maximum atomic E-state index is 4.55. The molecule has 3 heteroatoms. The number of aromatic nitrogens is 2. The standard InChI is InChI=1S/C16H23N3/c1-4-6-11-17-16-18-13(3)12-19(16)15-9-7-14(5-2)8-10-15/h7-10,12H,4-6,11H2,1-3H3,(H,17,18). The molecule has 0 spiro atoms. The highest BCUT2D eigenvalue weighted by Gasteiger charge is 2.06. The molecule has 0 radical (unpaired) electrons. The first-order valence-electron chi connectivity index (χ1n) is 7.13. The van der Waals surface area contributed by atoms with Gasteiger partial charge in [-0.05, 0) is 37.5 Å². The van der Waals surface area contributed by atoms with Crippen LogP contribution in [0.1, 0.15) is 37.9 Å². The van der Waals surface area contributed by atoms with Crippen molar-refractivity contribution in [1.29, 1.82) is 0 Å². The van der Waals surface area contributed by atoms with Crippen LogP contribution in [0.5, 0.6) is 0 Å². The molecule has 1 aromatic carbocycles. The van der Waals surface area contributed by atoms with Crippen LogP contribution in [0.3, 0.4) is 0 Å². The number of nitrogens with zero attached hydrogens (tertiary/aromatic N) is 2. The summed E-state index contributed by atoms with van der Waals surface area (Å²) in [4.78, 5) is 4.55. The SMILES string of the molecule is CCCCNc1nc(C)cn1-c1ccc(CC)cc1. The molecule has 0 aliphatic rings. The maximum absolute atomic E-state index is 4.55. The number of hydrogen-bond acceptors (Lipinski definition) is 2. The summed E-state index contributed by atoms with van der Waals surface area (Å²) in [5.74, 6) is 0.940. The zero-order chi connectivity index (χ0) is 13.7. The smallest absolute Gasteiger partial charge is 0.207 e. The Kier molecular flexibility index (Phi) is 4.61. The molecule has 0 aliphatic heterocycles. The Balaban J connectivity index is 2.22. The average Bonchev–Trinajstić information content (AvgIpc) is 2.80. The summed E-state index contributed by atoms with van der Waals surface area (Å²) in [6.45, 7) is 7.37.